The van der Waals surface area contributed by atoms with E-state index < -0.39 is 27.1 Å². The number of benzene rings is 1. The number of piperidine rings is 1. The maximum absolute atomic E-state index is 12.2. The van der Waals surface area contributed by atoms with E-state index in [0.29, 0.717) is 0 Å². The second-order valence-corrected chi connectivity index (χ2v) is 4.58. The van der Waals surface area contributed by atoms with Gasteiger partial charge in [-0.1, -0.05) is 0 Å². The van der Waals surface area contributed by atoms with Gasteiger partial charge in [0.15, 0.2) is 0 Å². The fraction of sp³-hybridized carbons (Fsp3) is 0.333. The molecule has 9 heteroatoms. The molecule has 2 rings (SSSR count). The molecule has 1 amide bonds. The van der Waals surface area contributed by atoms with Crippen molar-refractivity contribution in [3.63, 3.8) is 0 Å². The number of non-ortho nitro benzene ring substituents is 2. The predicted octanol–water partition coefficient (Wildman–Crippen LogP) is 1.31. The topological polar surface area (TPSA) is 124 Å². The first-order valence-electron chi connectivity index (χ1n) is 6.13. The molecule has 0 radical (unpaired) electrons. The number of carbonyl (C=O) groups excluding carboxylic acids is 2. The number of nitro groups is 2. The molecule has 0 aromatic heterocycles. The highest BCUT2D eigenvalue weighted by atomic mass is 16.6. The van der Waals surface area contributed by atoms with Crippen molar-refractivity contribution >= 4 is 23.1 Å². The quantitative estimate of drug-likeness (QED) is 0.611. The summed E-state index contributed by atoms with van der Waals surface area (Å²) in [5.41, 5.74) is -1.15. The maximum Gasteiger partial charge on any atom is 0.277 e. The standard InChI is InChI=1S/C12H11N3O6/c16-11-1-3-13(4-2-11)12(17)8-5-9(14(18)19)7-10(6-8)15(20)21/h5-7H,1-4H2. The molecule has 1 aromatic rings. The van der Waals surface area contributed by atoms with Crippen LogP contribution in [0.25, 0.3) is 0 Å². The highest BCUT2D eigenvalue weighted by molar-refractivity contribution is 5.96. The smallest absolute Gasteiger partial charge is 0.277 e. The first-order chi connectivity index (χ1) is 9.88. The fourth-order valence-electron chi connectivity index (χ4n) is 2.07. The number of nitro benzene ring substituents is 2. The van der Waals surface area contributed by atoms with Crippen LogP contribution in [0.3, 0.4) is 0 Å². The molecule has 1 aliphatic heterocycles. The molecule has 0 spiro atoms. The molecule has 0 N–H and O–H groups in total. The second-order valence-electron chi connectivity index (χ2n) is 4.58. The van der Waals surface area contributed by atoms with Gasteiger partial charge in [-0.2, -0.15) is 0 Å². The van der Waals surface area contributed by atoms with E-state index in [1.54, 1.807) is 0 Å². The third-order valence-corrected chi connectivity index (χ3v) is 3.18. The van der Waals surface area contributed by atoms with Crippen molar-refractivity contribution in [2.24, 2.45) is 0 Å². The van der Waals surface area contributed by atoms with E-state index in [0.717, 1.165) is 18.2 Å². The molecule has 0 bridgehead atoms. The molecule has 9 nitrogen and oxygen atoms in total. The first-order valence-corrected chi connectivity index (χ1v) is 6.13. The van der Waals surface area contributed by atoms with Gasteiger partial charge in [0.25, 0.3) is 17.3 Å². The van der Waals surface area contributed by atoms with Crippen LogP contribution >= 0.6 is 0 Å². The first kappa shape index (κ1) is 14.6. The Kier molecular flexibility index (Phi) is 3.92. The highest BCUT2D eigenvalue weighted by Gasteiger charge is 2.25. The predicted molar refractivity (Wildman–Crippen MR) is 69.9 cm³/mol. The lowest BCUT2D eigenvalue weighted by Gasteiger charge is -2.25. The van der Waals surface area contributed by atoms with Gasteiger partial charge in [0.2, 0.25) is 0 Å². The van der Waals surface area contributed by atoms with Gasteiger partial charge in [0.1, 0.15) is 5.78 Å². The van der Waals surface area contributed by atoms with E-state index in [1.807, 2.05) is 0 Å². The number of nitrogens with zero attached hydrogens (tertiary/aromatic N) is 3. The lowest BCUT2D eigenvalue weighted by molar-refractivity contribution is -0.394. The number of likely N-dealkylation sites (tertiary alicyclic amines) is 1. The average molecular weight is 293 g/mol. The van der Waals surface area contributed by atoms with Gasteiger partial charge in [-0.3, -0.25) is 29.8 Å². The van der Waals surface area contributed by atoms with E-state index in [2.05, 4.69) is 0 Å². The summed E-state index contributed by atoms with van der Waals surface area (Å²) >= 11 is 0. The highest BCUT2D eigenvalue weighted by Crippen LogP contribution is 2.24. The van der Waals surface area contributed by atoms with Gasteiger partial charge >= 0.3 is 0 Å². The maximum atomic E-state index is 12.2. The molecule has 0 aliphatic carbocycles. The molecule has 1 heterocycles. The summed E-state index contributed by atoms with van der Waals surface area (Å²) in [4.78, 5) is 44.7. The van der Waals surface area contributed by atoms with Gasteiger partial charge < -0.3 is 4.90 Å². The van der Waals surface area contributed by atoms with Crippen LogP contribution in [0.4, 0.5) is 11.4 Å². The Labute approximate surface area is 118 Å². The van der Waals surface area contributed by atoms with Gasteiger partial charge in [-0.15, -0.1) is 0 Å². The van der Waals surface area contributed by atoms with Crippen LogP contribution < -0.4 is 0 Å². The second kappa shape index (κ2) is 5.65. The minimum atomic E-state index is -0.788. The van der Waals surface area contributed by atoms with E-state index in [4.69, 9.17) is 0 Å². The third-order valence-electron chi connectivity index (χ3n) is 3.18. The van der Waals surface area contributed by atoms with E-state index in [9.17, 15) is 29.8 Å². The number of hydrogen-bond acceptors (Lipinski definition) is 6. The van der Waals surface area contributed by atoms with Crippen LogP contribution in [0.1, 0.15) is 23.2 Å². The molecule has 110 valence electrons. The van der Waals surface area contributed by atoms with Crippen molar-refractivity contribution in [3.8, 4) is 0 Å². The van der Waals surface area contributed by atoms with Crippen LogP contribution in [0.2, 0.25) is 0 Å². The zero-order chi connectivity index (χ0) is 15.6. The lowest BCUT2D eigenvalue weighted by atomic mass is 10.1. The van der Waals surface area contributed by atoms with Crippen molar-refractivity contribution in [1.82, 2.24) is 4.90 Å². The Morgan fingerprint density at radius 2 is 1.48 bits per heavy atom. The minimum absolute atomic E-state index is 0.0454. The normalized spacial score (nSPS) is 14.9. The summed E-state index contributed by atoms with van der Waals surface area (Å²) in [6.45, 7) is 0.433. The average Bonchev–Trinajstić information content (AvgIpc) is 2.46. The summed E-state index contributed by atoms with van der Waals surface area (Å²) in [7, 11) is 0. The monoisotopic (exact) mass is 293 g/mol. The molecule has 1 saturated heterocycles. The van der Waals surface area contributed by atoms with E-state index in [-0.39, 0.29) is 37.3 Å². The summed E-state index contributed by atoms with van der Waals surface area (Å²) in [6.07, 6.45) is 0.450. The Morgan fingerprint density at radius 1 is 1.00 bits per heavy atom. The molecule has 0 saturated carbocycles. The van der Waals surface area contributed by atoms with Crippen LogP contribution in [-0.2, 0) is 4.79 Å². The number of Topliss-reactive ketones (excluding diaryl/α,β-unsaturated/α-hetero) is 1. The van der Waals surface area contributed by atoms with Gasteiger partial charge in [-0.25, -0.2) is 0 Å². The number of ketones is 1. The number of amides is 1. The summed E-state index contributed by atoms with van der Waals surface area (Å²) in [6, 6.07) is 2.81. The Hall–Kier alpha value is -2.84. The largest absolute Gasteiger partial charge is 0.338 e. The van der Waals surface area contributed by atoms with Crippen LogP contribution in [-0.4, -0.2) is 39.5 Å². The third kappa shape index (κ3) is 3.19. The molecular weight excluding hydrogens is 282 g/mol. The zero-order valence-corrected chi connectivity index (χ0v) is 10.9. The lowest BCUT2D eigenvalue weighted by Crippen LogP contribution is -2.38. The number of rotatable bonds is 3. The van der Waals surface area contributed by atoms with Gasteiger partial charge in [-0.05, 0) is 0 Å². The van der Waals surface area contributed by atoms with Gasteiger partial charge in [0.05, 0.1) is 21.5 Å². The van der Waals surface area contributed by atoms with Crippen molar-refractivity contribution in [2.45, 2.75) is 12.8 Å². The Balaban J connectivity index is 2.33. The molecule has 1 fully saturated rings. The van der Waals surface area contributed by atoms with Crippen LogP contribution in [0.5, 0.6) is 0 Å². The molecule has 21 heavy (non-hydrogen) atoms. The van der Waals surface area contributed by atoms with Crippen LogP contribution in [0.15, 0.2) is 18.2 Å². The minimum Gasteiger partial charge on any atom is -0.338 e. The Morgan fingerprint density at radius 3 is 1.90 bits per heavy atom. The van der Waals surface area contributed by atoms with Crippen molar-refractivity contribution < 1.29 is 19.4 Å². The van der Waals surface area contributed by atoms with Crippen molar-refractivity contribution in [3.05, 3.63) is 44.0 Å². The number of hydrogen-bond donors (Lipinski definition) is 0. The SMILES string of the molecule is O=C1CCN(C(=O)c2cc([N+](=O)[O-])cc([N+](=O)[O-])c2)CC1. The molecular formula is C12H11N3O6. The fourth-order valence-corrected chi connectivity index (χ4v) is 2.07. The summed E-state index contributed by atoms with van der Waals surface area (Å²) in [5.74, 6) is -0.502. The zero-order valence-electron chi connectivity index (χ0n) is 10.9. The van der Waals surface area contributed by atoms with Gasteiger partial charge in [0, 0.05) is 38.1 Å². The molecule has 0 atom stereocenters. The van der Waals surface area contributed by atoms with Crippen LogP contribution in [0, 0.1) is 20.2 Å². The molecule has 0 unspecified atom stereocenters. The Bertz CT molecular complexity index is 600. The summed E-state index contributed by atoms with van der Waals surface area (Å²) < 4.78 is 0. The van der Waals surface area contributed by atoms with Crippen molar-refractivity contribution in [2.75, 3.05) is 13.1 Å². The van der Waals surface area contributed by atoms with Crippen molar-refractivity contribution in [1.29, 1.82) is 0 Å². The molecule has 1 aromatic carbocycles. The van der Waals surface area contributed by atoms with E-state index in [1.165, 1.54) is 4.90 Å². The summed E-state index contributed by atoms with van der Waals surface area (Å²) in [5, 5.41) is 21.6. The number of carbonyl (C=O) groups is 2. The van der Waals surface area contributed by atoms with E-state index >= 15 is 0 Å². The molecule has 1 aliphatic rings.